The molecule has 8 N–H and O–H groups in total. The molecule has 7 amide bonds. The summed E-state index contributed by atoms with van der Waals surface area (Å²) in [5, 5.41) is 24.1. The number of halogens is 1. The van der Waals surface area contributed by atoms with Crippen LogP contribution in [0.3, 0.4) is 0 Å². The van der Waals surface area contributed by atoms with Gasteiger partial charge in [0.05, 0.1) is 60.9 Å². The molecular formula is C47H52FN9O12. The first-order valence-electron chi connectivity index (χ1n) is 22.9. The minimum atomic E-state index is -2.06. The molecule has 1 fully saturated rings. The number of likely N-dealkylation sites (tertiary alicyclic amines) is 1. The van der Waals surface area contributed by atoms with E-state index in [1.54, 1.807) is 37.3 Å². The van der Waals surface area contributed by atoms with Gasteiger partial charge in [-0.05, 0) is 42.5 Å². The van der Waals surface area contributed by atoms with Crippen LogP contribution >= 0.6 is 0 Å². The molecule has 2 aromatic carbocycles. The summed E-state index contributed by atoms with van der Waals surface area (Å²) in [5.74, 6) is -5.70. The minimum absolute atomic E-state index is 0.00648. The lowest BCUT2D eigenvalue weighted by atomic mass is 9.86. The molecule has 3 aliphatic rings. The molecule has 0 spiro atoms. The number of nitrogens with two attached hydrogens (primary N) is 1. The first kappa shape index (κ1) is 47.9. The van der Waals surface area contributed by atoms with Gasteiger partial charge in [0.2, 0.25) is 41.4 Å². The molecular weight excluding hydrogens is 902 g/mol. The number of amides is 7. The average Bonchev–Trinajstić information content (AvgIpc) is 3.83. The second kappa shape index (κ2) is 21.6. The number of nitrogens with one attached hydrogen (secondary N) is 5. The van der Waals surface area contributed by atoms with Gasteiger partial charge in [-0.15, -0.1) is 0 Å². The predicted octanol–water partition coefficient (Wildman–Crippen LogP) is 0.177. The van der Waals surface area contributed by atoms with Crippen molar-refractivity contribution in [3.8, 4) is 11.4 Å². The summed E-state index contributed by atoms with van der Waals surface area (Å²) in [6.45, 7) is -0.574. The molecule has 22 heteroatoms. The number of carbonyl (C=O) groups is 8. The maximum Gasteiger partial charge on any atom is 0.343 e. The quantitative estimate of drug-likeness (QED) is 0.0170. The van der Waals surface area contributed by atoms with E-state index in [4.69, 9.17) is 16.6 Å². The zero-order valence-corrected chi connectivity index (χ0v) is 37.6. The van der Waals surface area contributed by atoms with Gasteiger partial charge in [0.1, 0.15) is 25.2 Å². The number of unbranched alkanes of at least 4 members (excludes halogenated alkanes) is 2. The average molecular weight is 956 g/mol. The number of hydrogen-bond donors (Lipinski definition) is 7. The fourth-order valence-corrected chi connectivity index (χ4v) is 8.30. The van der Waals surface area contributed by atoms with Crippen molar-refractivity contribution in [2.24, 2.45) is 0 Å². The molecule has 2 aromatic heterocycles. The highest BCUT2D eigenvalue weighted by molar-refractivity contribution is 6.02. The zero-order valence-electron chi connectivity index (χ0n) is 38.6. The van der Waals surface area contributed by atoms with Gasteiger partial charge < -0.3 is 51.5 Å². The SMILES string of the molecule is [3H]C1CC(=O)N(CCCCCC(=O)NCC(=O)NCC(=O)N[C@@H](Cc2ccccc2)C(=O)NCC(=O)NCOCc2c3c(nc4cc(F)c(N)cc24)-c2cc4c(c(=O)n2C3)COC(=O)[C@]4(O)CC)C1=O. The van der Waals surface area contributed by atoms with Crippen LogP contribution in [0.25, 0.3) is 22.3 Å². The summed E-state index contributed by atoms with van der Waals surface area (Å²) in [6.07, 6.45) is 0.301. The molecule has 364 valence electrons. The van der Waals surface area contributed by atoms with Gasteiger partial charge in [-0.2, -0.15) is 0 Å². The van der Waals surface area contributed by atoms with Crippen molar-refractivity contribution < 1.29 is 58.7 Å². The van der Waals surface area contributed by atoms with E-state index in [-0.39, 0.29) is 92.6 Å². The molecule has 21 nitrogen and oxygen atoms in total. The number of anilines is 1. The van der Waals surface area contributed by atoms with Crippen LogP contribution in [0.1, 0.15) is 81.0 Å². The lowest BCUT2D eigenvalue weighted by Gasteiger charge is -2.31. The van der Waals surface area contributed by atoms with Gasteiger partial charge in [0, 0.05) is 56.2 Å². The molecule has 1 saturated heterocycles. The highest BCUT2D eigenvalue weighted by Gasteiger charge is 2.45. The first-order chi connectivity index (χ1) is 33.5. The van der Waals surface area contributed by atoms with Crippen molar-refractivity contribution >= 4 is 63.9 Å². The Morgan fingerprint density at radius 1 is 0.928 bits per heavy atom. The van der Waals surface area contributed by atoms with Crippen LogP contribution in [0.15, 0.2) is 53.3 Å². The molecule has 7 rings (SSSR count). The van der Waals surface area contributed by atoms with Gasteiger partial charge in [-0.25, -0.2) is 14.2 Å². The van der Waals surface area contributed by atoms with Crippen LogP contribution in [-0.4, -0.2) is 106 Å². The largest absolute Gasteiger partial charge is 0.458 e. The van der Waals surface area contributed by atoms with E-state index >= 15 is 0 Å². The second-order valence-electron chi connectivity index (χ2n) is 16.7. The predicted molar refractivity (Wildman–Crippen MR) is 242 cm³/mol. The first-order valence-corrected chi connectivity index (χ1v) is 22.3. The Kier molecular flexibility index (Phi) is 15.0. The summed E-state index contributed by atoms with van der Waals surface area (Å²) >= 11 is 0. The summed E-state index contributed by atoms with van der Waals surface area (Å²) in [6, 6.07) is 11.6. The Morgan fingerprint density at radius 2 is 1.65 bits per heavy atom. The lowest BCUT2D eigenvalue weighted by Crippen LogP contribution is -2.52. The van der Waals surface area contributed by atoms with Crippen LogP contribution in [0.5, 0.6) is 0 Å². The van der Waals surface area contributed by atoms with E-state index in [1.807, 2.05) is 0 Å². The van der Waals surface area contributed by atoms with E-state index < -0.39 is 90.5 Å². The number of aliphatic hydroxyl groups is 1. The highest BCUT2D eigenvalue weighted by atomic mass is 19.1. The maximum atomic E-state index is 14.8. The zero-order chi connectivity index (χ0) is 50.3. The number of aromatic nitrogens is 2. The Hall–Kier alpha value is -7.59. The number of carbonyl (C=O) groups excluding carboxylic acids is 8. The number of nitrogen functional groups attached to an aromatic ring is 1. The Balaban J connectivity index is 0.894. The molecule has 69 heavy (non-hydrogen) atoms. The number of benzene rings is 2. The normalized spacial score (nSPS) is 17.6. The van der Waals surface area contributed by atoms with Gasteiger partial charge in [-0.1, -0.05) is 43.7 Å². The summed E-state index contributed by atoms with van der Waals surface area (Å²) in [4.78, 5) is 120. The molecule has 0 bridgehead atoms. The molecule has 0 aliphatic carbocycles. The third kappa shape index (κ3) is 11.2. The molecule has 5 heterocycles. The van der Waals surface area contributed by atoms with Crippen molar-refractivity contribution in [2.45, 2.75) is 89.7 Å². The van der Waals surface area contributed by atoms with Gasteiger partial charge in [0.25, 0.3) is 5.56 Å². The Bertz CT molecular complexity index is 2830. The molecule has 4 aromatic rings. The lowest BCUT2D eigenvalue weighted by molar-refractivity contribution is -0.172. The van der Waals surface area contributed by atoms with Crippen molar-refractivity contribution in [3.05, 3.63) is 92.5 Å². The highest BCUT2D eigenvalue weighted by Crippen LogP contribution is 2.41. The number of esters is 1. The van der Waals surface area contributed by atoms with E-state index in [0.29, 0.717) is 47.0 Å². The molecule has 3 aliphatic heterocycles. The van der Waals surface area contributed by atoms with Crippen molar-refractivity contribution in [1.29, 1.82) is 0 Å². The van der Waals surface area contributed by atoms with E-state index in [1.165, 1.54) is 16.7 Å². The van der Waals surface area contributed by atoms with Crippen LogP contribution in [-0.2, 0) is 79.6 Å². The van der Waals surface area contributed by atoms with Crippen molar-refractivity contribution in [3.63, 3.8) is 0 Å². The topological polar surface area (TPSA) is 300 Å². The third-order valence-corrected chi connectivity index (χ3v) is 12.1. The standard InChI is InChI=1S/C47H52FN9O12/c1-2-47(67)31-17-36-43-28(22-57(36)45(65)30(31)24-69-46(47)66)29(27-16-33(49)32(48)18-34(27)55-43)23-68-25-53-39(60)20-52-44(64)35(15-26-9-5-3-6-10-26)54-40(61)21-51-38(59)19-50-37(58)11-7-4-8-14-56-41(62)12-13-42(56)63/h3,5-6,9-10,16-18,35,67H,2,4,7-8,11-15,19-25,49H2,1H3,(H,50,58)(H,51,59)(H,52,64)(H,53,60)(H,54,61)/t35-,47-/m0/s1/i12T/t12?,35-,47-. The van der Waals surface area contributed by atoms with Crippen LogP contribution in [0.2, 0.25) is 0 Å². The second-order valence-corrected chi connectivity index (χ2v) is 16.7. The molecule has 1 unspecified atom stereocenters. The van der Waals surface area contributed by atoms with E-state index in [9.17, 15) is 52.6 Å². The number of hydrogen-bond acceptors (Lipinski definition) is 14. The Labute approximate surface area is 395 Å². The molecule has 3 atom stereocenters. The smallest absolute Gasteiger partial charge is 0.343 e. The maximum absolute atomic E-state index is 14.8. The minimum Gasteiger partial charge on any atom is -0.458 e. The summed E-state index contributed by atoms with van der Waals surface area (Å²) in [7, 11) is 0. The van der Waals surface area contributed by atoms with Crippen molar-refractivity contribution in [2.75, 3.05) is 38.6 Å². The van der Waals surface area contributed by atoms with Crippen LogP contribution in [0.4, 0.5) is 10.1 Å². The summed E-state index contributed by atoms with van der Waals surface area (Å²) < 4.78 is 34.8. The molecule has 0 saturated carbocycles. The van der Waals surface area contributed by atoms with Crippen LogP contribution < -0.4 is 37.9 Å². The third-order valence-electron chi connectivity index (χ3n) is 12.1. The number of nitrogens with zero attached hydrogens (tertiary/aromatic N) is 3. The number of cyclic esters (lactones) is 1. The van der Waals surface area contributed by atoms with Crippen molar-refractivity contribution in [1.82, 2.24) is 41.0 Å². The Morgan fingerprint density at radius 3 is 2.39 bits per heavy atom. The monoisotopic (exact) mass is 955 g/mol. The number of fused-ring (bicyclic) bond motifs is 5. The van der Waals surface area contributed by atoms with Gasteiger partial charge >= 0.3 is 5.97 Å². The van der Waals surface area contributed by atoms with Crippen LogP contribution in [0, 0.1) is 5.82 Å². The van der Waals surface area contributed by atoms with E-state index in [0.717, 1.165) is 11.0 Å². The fraction of sp³-hybridized carbons (Fsp3) is 0.404. The van der Waals surface area contributed by atoms with E-state index in [2.05, 4.69) is 31.6 Å². The van der Waals surface area contributed by atoms with Gasteiger partial charge in [0.15, 0.2) is 5.60 Å². The van der Waals surface area contributed by atoms with Gasteiger partial charge in [-0.3, -0.25) is 43.3 Å². The number of pyridine rings is 2. The number of imide groups is 1. The number of ether oxygens (including phenoxy) is 2. The molecule has 0 radical (unpaired) electrons. The fourth-order valence-electron chi connectivity index (χ4n) is 8.30. The number of rotatable bonds is 21. The summed E-state index contributed by atoms with van der Waals surface area (Å²) in [5.41, 5.74) is 5.90.